The molecule has 0 rings (SSSR count). The van der Waals surface area contributed by atoms with E-state index in [0.717, 1.165) is 25.7 Å². The molecule has 11 heavy (non-hydrogen) atoms. The van der Waals surface area contributed by atoms with E-state index in [1.165, 1.54) is 0 Å². The molecule has 0 bridgehead atoms. The Labute approximate surface area is 68.5 Å². The molecule has 3 heteroatoms. The lowest BCUT2D eigenvalue weighted by Crippen LogP contribution is -2.14. The molecular weight excluding hydrogens is 142 g/mol. The fourth-order valence-electron chi connectivity index (χ4n) is 0.765. The number of nitrogens with two attached hydrogens (primary N) is 1. The van der Waals surface area contributed by atoms with Crippen molar-refractivity contribution in [3.8, 4) is 0 Å². The molecule has 0 radical (unpaired) electrons. The van der Waals surface area contributed by atoms with Gasteiger partial charge in [0.15, 0.2) is 6.29 Å². The van der Waals surface area contributed by atoms with Crippen molar-refractivity contribution < 1.29 is 9.84 Å². The Bertz CT molecular complexity index is 78.5. The highest BCUT2D eigenvalue weighted by atomic mass is 16.6. The number of unbranched alkanes of at least 4 members (excludes halogenated alkanes) is 1. The van der Waals surface area contributed by atoms with Crippen molar-refractivity contribution in [2.75, 3.05) is 13.2 Å². The number of ether oxygens (including phenoxy) is 1. The first kappa shape index (κ1) is 10.9. The van der Waals surface area contributed by atoms with Crippen LogP contribution in [0, 0.1) is 0 Å². The van der Waals surface area contributed by atoms with Gasteiger partial charge in [-0.1, -0.05) is 13.3 Å². The maximum Gasteiger partial charge on any atom is 0.154 e. The van der Waals surface area contributed by atoms with Crippen LogP contribution in [0.2, 0.25) is 0 Å². The molecule has 0 aliphatic heterocycles. The summed E-state index contributed by atoms with van der Waals surface area (Å²) in [5.41, 5.74) is 5.25. The Morgan fingerprint density at radius 1 is 1.45 bits per heavy atom. The summed E-state index contributed by atoms with van der Waals surface area (Å²) < 4.78 is 5.06. The summed E-state index contributed by atoms with van der Waals surface area (Å²) in [5, 5.41) is 9.14. The zero-order valence-electron chi connectivity index (χ0n) is 7.25. The zero-order valence-corrected chi connectivity index (χ0v) is 7.25. The van der Waals surface area contributed by atoms with E-state index in [-0.39, 0.29) is 0 Å². The lowest BCUT2D eigenvalue weighted by molar-refractivity contribution is -0.104. The first-order chi connectivity index (χ1) is 5.31. The van der Waals surface area contributed by atoms with Gasteiger partial charge in [0.1, 0.15) is 0 Å². The predicted molar refractivity (Wildman–Crippen MR) is 45.2 cm³/mol. The van der Waals surface area contributed by atoms with E-state index in [9.17, 15) is 0 Å². The van der Waals surface area contributed by atoms with Gasteiger partial charge >= 0.3 is 0 Å². The second kappa shape index (κ2) is 7.98. The van der Waals surface area contributed by atoms with Gasteiger partial charge in [-0.3, -0.25) is 0 Å². The second-order valence-electron chi connectivity index (χ2n) is 2.61. The molecule has 0 aromatic heterocycles. The van der Waals surface area contributed by atoms with Gasteiger partial charge in [-0.15, -0.1) is 0 Å². The lowest BCUT2D eigenvalue weighted by Gasteiger charge is -2.10. The molecule has 0 aliphatic carbocycles. The number of aliphatic hydroxyl groups is 1. The van der Waals surface area contributed by atoms with Crippen LogP contribution in [0.1, 0.15) is 32.6 Å². The molecule has 1 unspecified atom stereocenters. The smallest absolute Gasteiger partial charge is 0.154 e. The molecule has 0 saturated carbocycles. The average Bonchev–Trinajstić information content (AvgIpc) is 2.01. The fraction of sp³-hybridized carbons (Fsp3) is 1.00. The Morgan fingerprint density at radius 2 is 2.18 bits per heavy atom. The van der Waals surface area contributed by atoms with Crippen LogP contribution in [0.3, 0.4) is 0 Å². The fourth-order valence-corrected chi connectivity index (χ4v) is 0.765. The van der Waals surface area contributed by atoms with E-state index in [4.69, 9.17) is 15.6 Å². The van der Waals surface area contributed by atoms with Crippen LogP contribution in [0.5, 0.6) is 0 Å². The van der Waals surface area contributed by atoms with Gasteiger partial charge < -0.3 is 15.6 Å². The standard InChI is InChI=1S/C8H19NO2/c1-2-3-5-8(10)11-7-4-6-9/h8,10H,2-7,9H2,1H3. The summed E-state index contributed by atoms with van der Waals surface area (Å²) in [6.45, 7) is 3.29. The monoisotopic (exact) mass is 161 g/mol. The van der Waals surface area contributed by atoms with E-state index >= 15 is 0 Å². The van der Waals surface area contributed by atoms with Crippen LogP contribution in [0.4, 0.5) is 0 Å². The van der Waals surface area contributed by atoms with Crippen LogP contribution in [-0.4, -0.2) is 24.5 Å². The van der Waals surface area contributed by atoms with Gasteiger partial charge in [0.25, 0.3) is 0 Å². The molecule has 0 saturated heterocycles. The number of rotatable bonds is 7. The topological polar surface area (TPSA) is 55.5 Å². The maximum absolute atomic E-state index is 9.14. The molecule has 0 aromatic rings. The van der Waals surface area contributed by atoms with Crippen LogP contribution >= 0.6 is 0 Å². The van der Waals surface area contributed by atoms with Crippen LogP contribution in [-0.2, 0) is 4.74 Å². The third-order valence-electron chi connectivity index (χ3n) is 1.46. The normalized spacial score (nSPS) is 13.4. The van der Waals surface area contributed by atoms with Crippen LogP contribution < -0.4 is 5.73 Å². The number of hydrogen-bond donors (Lipinski definition) is 2. The Morgan fingerprint density at radius 3 is 2.73 bits per heavy atom. The predicted octanol–water partition coefficient (Wildman–Crippen LogP) is 0.860. The van der Waals surface area contributed by atoms with Gasteiger partial charge in [-0.25, -0.2) is 0 Å². The van der Waals surface area contributed by atoms with E-state index in [2.05, 4.69) is 6.92 Å². The van der Waals surface area contributed by atoms with Crippen molar-refractivity contribution in [1.82, 2.24) is 0 Å². The molecule has 1 atom stereocenters. The number of aliphatic hydroxyl groups excluding tert-OH is 1. The Hall–Kier alpha value is -0.120. The molecule has 68 valence electrons. The lowest BCUT2D eigenvalue weighted by atomic mass is 10.2. The van der Waals surface area contributed by atoms with Crippen molar-refractivity contribution in [2.45, 2.75) is 38.9 Å². The highest BCUT2D eigenvalue weighted by Crippen LogP contribution is 2.01. The quantitative estimate of drug-likeness (QED) is 0.430. The van der Waals surface area contributed by atoms with Gasteiger partial charge in [0, 0.05) is 0 Å². The minimum atomic E-state index is -0.582. The second-order valence-corrected chi connectivity index (χ2v) is 2.61. The summed E-state index contributed by atoms with van der Waals surface area (Å²) in [6.07, 6.45) is 3.09. The minimum Gasteiger partial charge on any atom is -0.368 e. The zero-order chi connectivity index (χ0) is 8.53. The van der Waals surface area contributed by atoms with Gasteiger partial charge in [-0.2, -0.15) is 0 Å². The van der Waals surface area contributed by atoms with Crippen molar-refractivity contribution in [1.29, 1.82) is 0 Å². The molecule has 3 nitrogen and oxygen atoms in total. The summed E-state index contributed by atoms with van der Waals surface area (Å²) in [6, 6.07) is 0. The first-order valence-electron chi connectivity index (χ1n) is 4.31. The third kappa shape index (κ3) is 7.78. The van der Waals surface area contributed by atoms with E-state index in [0.29, 0.717) is 13.2 Å². The van der Waals surface area contributed by atoms with Crippen molar-refractivity contribution in [3.63, 3.8) is 0 Å². The summed E-state index contributed by atoms with van der Waals surface area (Å²) >= 11 is 0. The van der Waals surface area contributed by atoms with Gasteiger partial charge in [0.05, 0.1) is 6.61 Å². The Balaban J connectivity index is 3.02. The van der Waals surface area contributed by atoms with E-state index in [1.807, 2.05) is 0 Å². The molecule has 0 aromatic carbocycles. The molecule has 0 fully saturated rings. The molecule has 0 spiro atoms. The average molecular weight is 161 g/mol. The SMILES string of the molecule is CCCCC(O)OCCCN. The van der Waals surface area contributed by atoms with Gasteiger partial charge in [-0.05, 0) is 25.8 Å². The summed E-state index contributed by atoms with van der Waals surface area (Å²) in [5.74, 6) is 0. The molecule has 0 amide bonds. The molecular formula is C8H19NO2. The van der Waals surface area contributed by atoms with Gasteiger partial charge in [0.2, 0.25) is 0 Å². The van der Waals surface area contributed by atoms with Crippen molar-refractivity contribution in [3.05, 3.63) is 0 Å². The largest absolute Gasteiger partial charge is 0.368 e. The summed E-state index contributed by atoms with van der Waals surface area (Å²) in [4.78, 5) is 0. The molecule has 0 heterocycles. The number of hydrogen-bond acceptors (Lipinski definition) is 3. The van der Waals surface area contributed by atoms with Crippen molar-refractivity contribution in [2.24, 2.45) is 5.73 Å². The molecule has 0 aliphatic rings. The van der Waals surface area contributed by atoms with Crippen molar-refractivity contribution >= 4 is 0 Å². The van der Waals surface area contributed by atoms with E-state index < -0.39 is 6.29 Å². The highest BCUT2D eigenvalue weighted by molar-refractivity contribution is 4.43. The first-order valence-corrected chi connectivity index (χ1v) is 4.31. The third-order valence-corrected chi connectivity index (χ3v) is 1.46. The van der Waals surface area contributed by atoms with E-state index in [1.54, 1.807) is 0 Å². The highest BCUT2D eigenvalue weighted by Gasteiger charge is 2.01. The summed E-state index contributed by atoms with van der Waals surface area (Å²) in [7, 11) is 0. The Kier molecular flexibility index (Phi) is 7.89. The maximum atomic E-state index is 9.14. The van der Waals surface area contributed by atoms with Crippen LogP contribution in [0.25, 0.3) is 0 Å². The molecule has 3 N–H and O–H groups in total. The minimum absolute atomic E-state index is 0.571. The van der Waals surface area contributed by atoms with Crippen LogP contribution in [0.15, 0.2) is 0 Å².